The van der Waals surface area contributed by atoms with Gasteiger partial charge in [-0.1, -0.05) is 34.1 Å². The molecule has 2 aromatic rings. The van der Waals surface area contributed by atoms with Crippen molar-refractivity contribution in [1.82, 2.24) is 0 Å². The molecule has 112 valence electrons. The number of rotatable bonds is 4. The highest BCUT2D eigenvalue weighted by atomic mass is 79.9. The van der Waals surface area contributed by atoms with Crippen molar-refractivity contribution in [2.45, 2.75) is 12.0 Å². The second-order valence-corrected chi connectivity index (χ2v) is 5.51. The van der Waals surface area contributed by atoms with Gasteiger partial charge in [0.05, 0.1) is 11.7 Å². The van der Waals surface area contributed by atoms with Crippen molar-refractivity contribution in [3.63, 3.8) is 0 Å². The van der Waals surface area contributed by atoms with E-state index in [0.717, 1.165) is 12.1 Å². The van der Waals surface area contributed by atoms with Gasteiger partial charge < -0.3 is 10.8 Å². The van der Waals surface area contributed by atoms with E-state index < -0.39 is 35.0 Å². The highest BCUT2D eigenvalue weighted by Crippen LogP contribution is 2.35. The molecule has 6 heteroatoms. The summed E-state index contributed by atoms with van der Waals surface area (Å²) < 4.78 is 41.8. The summed E-state index contributed by atoms with van der Waals surface area (Å²) in [6.45, 7) is -0.156. The molecule has 0 radical (unpaired) electrons. The number of benzene rings is 2. The van der Waals surface area contributed by atoms with Crippen molar-refractivity contribution in [3.8, 4) is 0 Å². The van der Waals surface area contributed by atoms with Gasteiger partial charge in [-0.05, 0) is 23.8 Å². The van der Waals surface area contributed by atoms with Crippen LogP contribution in [0.5, 0.6) is 0 Å². The van der Waals surface area contributed by atoms with Crippen LogP contribution in [0.3, 0.4) is 0 Å². The largest absolute Gasteiger partial charge is 0.388 e. The summed E-state index contributed by atoms with van der Waals surface area (Å²) in [6.07, 6.45) is -1.58. The van der Waals surface area contributed by atoms with Gasteiger partial charge in [0.2, 0.25) is 0 Å². The Bertz CT molecular complexity index is 628. The third kappa shape index (κ3) is 3.28. The molecule has 2 aromatic carbocycles. The molecular weight excluding hydrogens is 347 g/mol. The summed E-state index contributed by atoms with van der Waals surface area (Å²) in [5, 5.41) is 10.3. The van der Waals surface area contributed by atoms with E-state index in [9.17, 15) is 18.3 Å². The van der Waals surface area contributed by atoms with Gasteiger partial charge in [0, 0.05) is 16.9 Å². The Morgan fingerprint density at radius 3 is 2.14 bits per heavy atom. The van der Waals surface area contributed by atoms with E-state index in [-0.39, 0.29) is 16.6 Å². The number of aliphatic hydroxyl groups excluding tert-OH is 1. The Labute approximate surface area is 128 Å². The number of nitrogens with two attached hydrogens (primary N) is 1. The molecule has 0 aromatic heterocycles. The Morgan fingerprint density at radius 1 is 1.05 bits per heavy atom. The fourth-order valence-electron chi connectivity index (χ4n) is 2.24. The van der Waals surface area contributed by atoms with Gasteiger partial charge in [-0.2, -0.15) is 0 Å². The van der Waals surface area contributed by atoms with Crippen LogP contribution >= 0.6 is 15.9 Å². The first-order valence-electron chi connectivity index (χ1n) is 6.22. The summed E-state index contributed by atoms with van der Waals surface area (Å²) >= 11 is 2.96. The van der Waals surface area contributed by atoms with Crippen LogP contribution in [0, 0.1) is 17.5 Å². The summed E-state index contributed by atoms with van der Waals surface area (Å²) in [4.78, 5) is 0. The smallest absolute Gasteiger partial charge is 0.133 e. The summed E-state index contributed by atoms with van der Waals surface area (Å²) in [5.41, 5.74) is 5.16. The van der Waals surface area contributed by atoms with E-state index in [0.29, 0.717) is 0 Å². The standard InChI is InChI=1S/C15H13BrF3NO/c16-8-5-12(18)14(13(19)6-8)15(21)10(7-20)9-3-1-2-4-11(9)17/h1-6,10,15,21H,7,20H2. The zero-order valence-electron chi connectivity index (χ0n) is 10.9. The van der Waals surface area contributed by atoms with Gasteiger partial charge >= 0.3 is 0 Å². The van der Waals surface area contributed by atoms with Crippen LogP contribution in [-0.4, -0.2) is 11.7 Å². The van der Waals surface area contributed by atoms with Gasteiger partial charge in [-0.3, -0.25) is 0 Å². The SMILES string of the molecule is NCC(c1ccccc1F)C(O)c1c(F)cc(Br)cc1F. The van der Waals surface area contributed by atoms with Crippen molar-refractivity contribution in [3.05, 3.63) is 69.4 Å². The molecule has 2 atom stereocenters. The van der Waals surface area contributed by atoms with Crippen LogP contribution in [-0.2, 0) is 0 Å². The maximum Gasteiger partial charge on any atom is 0.133 e. The van der Waals surface area contributed by atoms with Crippen molar-refractivity contribution in [2.24, 2.45) is 5.73 Å². The second-order valence-electron chi connectivity index (χ2n) is 4.59. The topological polar surface area (TPSA) is 46.2 Å². The molecule has 0 saturated carbocycles. The molecular formula is C15H13BrF3NO. The van der Waals surface area contributed by atoms with E-state index in [1.54, 1.807) is 6.07 Å². The monoisotopic (exact) mass is 359 g/mol. The third-order valence-corrected chi connectivity index (χ3v) is 3.74. The zero-order chi connectivity index (χ0) is 15.6. The lowest BCUT2D eigenvalue weighted by atomic mass is 9.88. The highest BCUT2D eigenvalue weighted by molar-refractivity contribution is 9.10. The van der Waals surface area contributed by atoms with Crippen LogP contribution in [0.4, 0.5) is 13.2 Å². The maximum absolute atomic E-state index is 13.9. The average molecular weight is 360 g/mol. The molecule has 0 aliphatic rings. The first kappa shape index (κ1) is 16.0. The number of halogens is 4. The first-order chi connectivity index (χ1) is 9.95. The number of aliphatic hydroxyl groups is 1. The molecule has 0 aliphatic heterocycles. The van der Waals surface area contributed by atoms with Gasteiger partial charge in [0.15, 0.2) is 0 Å². The molecule has 0 spiro atoms. The van der Waals surface area contributed by atoms with E-state index in [1.807, 2.05) is 0 Å². The normalized spacial score (nSPS) is 14.0. The number of hydrogen-bond donors (Lipinski definition) is 2. The minimum absolute atomic E-state index is 0.120. The summed E-state index contributed by atoms with van der Waals surface area (Å²) in [5.74, 6) is -3.35. The Hall–Kier alpha value is -1.37. The molecule has 0 amide bonds. The quantitative estimate of drug-likeness (QED) is 0.875. The second kappa shape index (κ2) is 6.60. The molecule has 0 fully saturated rings. The maximum atomic E-state index is 13.9. The van der Waals surface area contributed by atoms with Crippen molar-refractivity contribution >= 4 is 15.9 Å². The van der Waals surface area contributed by atoms with Crippen molar-refractivity contribution in [2.75, 3.05) is 6.54 Å². The molecule has 2 nitrogen and oxygen atoms in total. The van der Waals surface area contributed by atoms with Gasteiger partial charge in [-0.25, -0.2) is 13.2 Å². The summed E-state index contributed by atoms with van der Waals surface area (Å²) in [7, 11) is 0. The lowest BCUT2D eigenvalue weighted by Gasteiger charge is -2.23. The fourth-order valence-corrected chi connectivity index (χ4v) is 2.64. The van der Waals surface area contributed by atoms with Gasteiger partial charge in [-0.15, -0.1) is 0 Å². The van der Waals surface area contributed by atoms with Crippen LogP contribution in [0.25, 0.3) is 0 Å². The summed E-state index contributed by atoms with van der Waals surface area (Å²) in [6, 6.07) is 7.78. The highest BCUT2D eigenvalue weighted by Gasteiger charge is 2.29. The molecule has 2 rings (SSSR count). The third-order valence-electron chi connectivity index (χ3n) is 3.28. The fraction of sp³-hybridized carbons (Fsp3) is 0.200. The first-order valence-corrected chi connectivity index (χ1v) is 7.02. The van der Waals surface area contributed by atoms with Gasteiger partial charge in [0.1, 0.15) is 17.5 Å². The Kier molecular flexibility index (Phi) is 5.03. The average Bonchev–Trinajstić information content (AvgIpc) is 2.40. The predicted octanol–water partition coefficient (Wildman–Crippen LogP) is 3.64. The van der Waals surface area contributed by atoms with Crippen LogP contribution < -0.4 is 5.73 Å². The minimum Gasteiger partial charge on any atom is -0.388 e. The molecule has 21 heavy (non-hydrogen) atoms. The molecule has 3 N–H and O–H groups in total. The molecule has 0 bridgehead atoms. The molecule has 0 aliphatic carbocycles. The van der Waals surface area contributed by atoms with Crippen LogP contribution in [0.2, 0.25) is 0 Å². The van der Waals surface area contributed by atoms with Gasteiger partial charge in [0.25, 0.3) is 0 Å². The minimum atomic E-state index is -1.58. The van der Waals surface area contributed by atoms with Crippen molar-refractivity contribution in [1.29, 1.82) is 0 Å². The van der Waals surface area contributed by atoms with Crippen LogP contribution in [0.15, 0.2) is 40.9 Å². The predicted molar refractivity (Wildman–Crippen MR) is 77.2 cm³/mol. The lowest BCUT2D eigenvalue weighted by Crippen LogP contribution is -2.22. The van der Waals surface area contributed by atoms with E-state index >= 15 is 0 Å². The molecule has 0 saturated heterocycles. The number of hydrogen-bond acceptors (Lipinski definition) is 2. The van der Waals surface area contributed by atoms with E-state index in [4.69, 9.17) is 5.73 Å². The Morgan fingerprint density at radius 2 is 1.62 bits per heavy atom. The molecule has 0 heterocycles. The lowest BCUT2D eigenvalue weighted by molar-refractivity contribution is 0.137. The van der Waals surface area contributed by atoms with E-state index in [2.05, 4.69) is 15.9 Å². The van der Waals surface area contributed by atoms with Crippen molar-refractivity contribution < 1.29 is 18.3 Å². The zero-order valence-corrected chi connectivity index (χ0v) is 12.4. The van der Waals surface area contributed by atoms with Crippen LogP contribution in [0.1, 0.15) is 23.1 Å². The van der Waals surface area contributed by atoms with E-state index in [1.165, 1.54) is 18.2 Å². The molecule has 2 unspecified atom stereocenters. The Balaban J connectivity index is 2.47.